The molecule has 1 atom stereocenters. The summed E-state index contributed by atoms with van der Waals surface area (Å²) in [5.74, 6) is 0. The molecule has 0 radical (unpaired) electrons. The van der Waals surface area contributed by atoms with E-state index in [9.17, 15) is 5.26 Å². The van der Waals surface area contributed by atoms with E-state index in [-0.39, 0.29) is 0 Å². The minimum absolute atomic E-state index is 0.497. The van der Waals surface area contributed by atoms with Crippen LogP contribution in [0.2, 0.25) is 0 Å². The van der Waals surface area contributed by atoms with Gasteiger partial charge in [-0.15, -0.1) is 0 Å². The molecule has 116 valence electrons. The Bertz CT molecular complexity index is 419. The van der Waals surface area contributed by atoms with Crippen LogP contribution in [0.3, 0.4) is 0 Å². The highest BCUT2D eigenvalue weighted by atomic mass is 16.5. The Morgan fingerprint density at radius 1 is 1.05 bits per heavy atom. The van der Waals surface area contributed by atoms with Crippen molar-refractivity contribution in [1.29, 1.82) is 5.26 Å². The van der Waals surface area contributed by atoms with Crippen LogP contribution in [0.15, 0.2) is 30.3 Å². The highest BCUT2D eigenvalue weighted by molar-refractivity contribution is 5.31. The first-order valence-corrected chi connectivity index (χ1v) is 7.09. The van der Waals surface area contributed by atoms with Gasteiger partial charge in [-0.25, -0.2) is 0 Å². The van der Waals surface area contributed by atoms with Gasteiger partial charge in [-0.05, 0) is 12.6 Å². The molecule has 5 heteroatoms. The van der Waals surface area contributed by atoms with Gasteiger partial charge in [0.2, 0.25) is 0 Å². The second-order valence-corrected chi connectivity index (χ2v) is 4.60. The van der Waals surface area contributed by atoms with E-state index in [2.05, 4.69) is 11.4 Å². The molecule has 1 unspecified atom stereocenters. The Balaban J connectivity index is 2.35. The fourth-order valence-corrected chi connectivity index (χ4v) is 2.00. The fraction of sp³-hybridized carbons (Fsp3) is 0.562. The monoisotopic (exact) mass is 292 g/mol. The van der Waals surface area contributed by atoms with Crippen LogP contribution in [0.4, 0.5) is 0 Å². The van der Waals surface area contributed by atoms with Crippen LogP contribution in [0.25, 0.3) is 0 Å². The summed E-state index contributed by atoms with van der Waals surface area (Å²) in [6.07, 6.45) is 0.585. The average molecular weight is 292 g/mol. The molecule has 21 heavy (non-hydrogen) atoms. The molecule has 5 nitrogen and oxygen atoms in total. The zero-order valence-corrected chi connectivity index (χ0v) is 12.8. The van der Waals surface area contributed by atoms with Gasteiger partial charge in [0.05, 0.1) is 32.5 Å². The summed E-state index contributed by atoms with van der Waals surface area (Å²) < 4.78 is 15.7. The van der Waals surface area contributed by atoms with Crippen LogP contribution in [-0.2, 0) is 19.7 Å². The first-order chi connectivity index (χ1) is 10.3. The Morgan fingerprint density at radius 3 is 2.24 bits per heavy atom. The number of nitriles is 1. The lowest BCUT2D eigenvalue weighted by molar-refractivity contribution is 0.0212. The number of nitrogens with one attached hydrogen (secondary N) is 1. The summed E-state index contributed by atoms with van der Waals surface area (Å²) in [5.41, 5.74) is 0.244. The number of methoxy groups -OCH3 is 1. The number of rotatable bonds is 11. The van der Waals surface area contributed by atoms with E-state index in [1.165, 1.54) is 0 Å². The maximum Gasteiger partial charge on any atom is 0.134 e. The van der Waals surface area contributed by atoms with Crippen LogP contribution in [0, 0.1) is 11.3 Å². The summed E-state index contributed by atoms with van der Waals surface area (Å²) in [6.45, 7) is 2.71. The van der Waals surface area contributed by atoms with Crippen molar-refractivity contribution in [3.63, 3.8) is 0 Å². The third-order valence-electron chi connectivity index (χ3n) is 3.31. The van der Waals surface area contributed by atoms with Crippen molar-refractivity contribution in [3.05, 3.63) is 35.9 Å². The second-order valence-electron chi connectivity index (χ2n) is 4.60. The minimum Gasteiger partial charge on any atom is -0.382 e. The van der Waals surface area contributed by atoms with E-state index in [1.807, 2.05) is 30.3 Å². The molecule has 0 aliphatic rings. The first kappa shape index (κ1) is 17.6. The van der Waals surface area contributed by atoms with E-state index in [0.717, 1.165) is 5.56 Å². The van der Waals surface area contributed by atoms with Gasteiger partial charge < -0.3 is 14.2 Å². The van der Waals surface area contributed by atoms with E-state index < -0.39 is 5.54 Å². The molecular formula is C16H24N2O3. The summed E-state index contributed by atoms with van der Waals surface area (Å²) in [5, 5.41) is 12.6. The molecule has 0 saturated heterocycles. The van der Waals surface area contributed by atoms with E-state index >= 15 is 0 Å². The summed E-state index contributed by atoms with van der Waals surface area (Å²) in [6, 6.07) is 12.1. The van der Waals surface area contributed by atoms with E-state index in [1.54, 1.807) is 14.2 Å². The van der Waals surface area contributed by atoms with Gasteiger partial charge in [0.1, 0.15) is 5.54 Å². The first-order valence-electron chi connectivity index (χ1n) is 7.09. The molecule has 0 amide bonds. The third-order valence-corrected chi connectivity index (χ3v) is 3.31. The predicted molar refractivity (Wildman–Crippen MR) is 80.9 cm³/mol. The standard InChI is InChI=1S/C16H24N2O3/c1-18-16(14-17,15-6-4-3-5-7-15)8-9-20-12-13-21-11-10-19-2/h3-7,18H,8-13H2,1-2H3. The number of hydrogen-bond acceptors (Lipinski definition) is 5. The van der Waals surface area contributed by atoms with Crippen LogP contribution in [0.5, 0.6) is 0 Å². The van der Waals surface area contributed by atoms with Crippen LogP contribution >= 0.6 is 0 Å². The van der Waals surface area contributed by atoms with Crippen molar-refractivity contribution in [2.75, 3.05) is 47.2 Å². The summed E-state index contributed by atoms with van der Waals surface area (Å²) >= 11 is 0. The number of hydrogen-bond donors (Lipinski definition) is 1. The summed E-state index contributed by atoms with van der Waals surface area (Å²) in [4.78, 5) is 0. The van der Waals surface area contributed by atoms with Gasteiger partial charge in [-0.1, -0.05) is 30.3 Å². The van der Waals surface area contributed by atoms with E-state index in [4.69, 9.17) is 14.2 Å². The van der Waals surface area contributed by atoms with Gasteiger partial charge in [0, 0.05) is 20.1 Å². The lowest BCUT2D eigenvalue weighted by Crippen LogP contribution is -2.39. The Morgan fingerprint density at radius 2 is 1.67 bits per heavy atom. The predicted octanol–water partition coefficient (Wildman–Crippen LogP) is 1.69. The van der Waals surface area contributed by atoms with Crippen molar-refractivity contribution >= 4 is 0 Å². The Hall–Kier alpha value is -1.45. The van der Waals surface area contributed by atoms with Gasteiger partial charge in [-0.2, -0.15) is 5.26 Å². The normalized spacial score (nSPS) is 13.6. The molecule has 0 spiro atoms. The van der Waals surface area contributed by atoms with Crippen LogP contribution in [0.1, 0.15) is 12.0 Å². The quantitative estimate of drug-likeness (QED) is 0.629. The Kier molecular flexibility index (Phi) is 8.63. The van der Waals surface area contributed by atoms with Crippen molar-refractivity contribution in [2.45, 2.75) is 12.0 Å². The molecular weight excluding hydrogens is 268 g/mol. The molecule has 1 aromatic rings. The fourth-order valence-electron chi connectivity index (χ4n) is 2.00. The zero-order chi connectivity index (χ0) is 15.4. The van der Waals surface area contributed by atoms with Crippen LogP contribution in [-0.4, -0.2) is 47.2 Å². The SMILES string of the molecule is CNC(C#N)(CCOCCOCCOC)c1ccccc1. The largest absolute Gasteiger partial charge is 0.382 e. The van der Waals surface area contributed by atoms with Gasteiger partial charge >= 0.3 is 0 Å². The minimum atomic E-state index is -0.710. The molecule has 1 rings (SSSR count). The molecule has 0 heterocycles. The highest BCUT2D eigenvalue weighted by Crippen LogP contribution is 2.23. The zero-order valence-electron chi connectivity index (χ0n) is 12.8. The maximum atomic E-state index is 9.52. The topological polar surface area (TPSA) is 63.5 Å². The van der Waals surface area contributed by atoms with Gasteiger partial charge in [-0.3, -0.25) is 5.32 Å². The number of ether oxygens (including phenoxy) is 3. The molecule has 0 aliphatic carbocycles. The average Bonchev–Trinajstić information content (AvgIpc) is 2.55. The molecule has 1 N–H and O–H groups in total. The summed E-state index contributed by atoms with van der Waals surface area (Å²) in [7, 11) is 3.44. The smallest absolute Gasteiger partial charge is 0.134 e. The van der Waals surface area contributed by atoms with Crippen molar-refractivity contribution in [3.8, 4) is 6.07 Å². The van der Waals surface area contributed by atoms with Crippen molar-refractivity contribution in [1.82, 2.24) is 5.32 Å². The van der Waals surface area contributed by atoms with Gasteiger partial charge in [0.15, 0.2) is 0 Å². The lowest BCUT2D eigenvalue weighted by Gasteiger charge is -2.26. The van der Waals surface area contributed by atoms with Crippen LogP contribution < -0.4 is 5.32 Å². The lowest BCUT2D eigenvalue weighted by atomic mass is 9.88. The van der Waals surface area contributed by atoms with Crippen molar-refractivity contribution in [2.24, 2.45) is 0 Å². The van der Waals surface area contributed by atoms with Gasteiger partial charge in [0.25, 0.3) is 0 Å². The molecule has 0 aliphatic heterocycles. The second kappa shape index (κ2) is 10.3. The molecule has 0 saturated carbocycles. The number of benzene rings is 1. The third kappa shape index (κ3) is 5.82. The highest BCUT2D eigenvalue weighted by Gasteiger charge is 2.29. The Labute approximate surface area is 126 Å². The van der Waals surface area contributed by atoms with Crippen molar-refractivity contribution < 1.29 is 14.2 Å². The molecule has 0 bridgehead atoms. The molecule has 1 aromatic carbocycles. The number of nitrogens with zero attached hydrogens (tertiary/aromatic N) is 1. The maximum absolute atomic E-state index is 9.52. The van der Waals surface area contributed by atoms with E-state index in [0.29, 0.717) is 39.5 Å². The molecule has 0 aromatic heterocycles. The molecule has 0 fully saturated rings.